The second kappa shape index (κ2) is 5.81. The number of nitrogens with two attached hydrogens (primary N) is 1. The van der Waals surface area contributed by atoms with E-state index in [1.165, 1.54) is 24.1 Å². The number of amides is 1. The van der Waals surface area contributed by atoms with E-state index in [4.69, 9.17) is 5.73 Å². The standard InChI is InChI=1S/C18H22N4O/c19-18(23)13-3-1-2-12(6-13)14-7-16-4-5-17(8-14)22(16)10-15-9-20-11-21-15/h1-3,6,9,11,14,16-17H,4-5,7-8,10H2,(H2,19,23)(H,20,21)/t14-,16+,17-. The molecule has 1 aromatic heterocycles. The molecule has 0 aliphatic carbocycles. The summed E-state index contributed by atoms with van der Waals surface area (Å²) in [6.45, 7) is 0.962. The summed E-state index contributed by atoms with van der Waals surface area (Å²) >= 11 is 0. The molecule has 2 fully saturated rings. The SMILES string of the molecule is NC(=O)c1cccc([C@H]2C[C@H]3CC[C@@H](C2)N3Cc2cnc[nH]2)c1. The molecule has 2 saturated heterocycles. The van der Waals surface area contributed by atoms with Crippen LogP contribution in [-0.2, 0) is 6.54 Å². The minimum atomic E-state index is -0.341. The predicted octanol–water partition coefficient (Wildman–Crippen LogP) is 2.42. The number of H-pyrrole nitrogens is 1. The number of imidazole rings is 1. The third-order valence-corrected chi connectivity index (χ3v) is 5.43. The van der Waals surface area contributed by atoms with Gasteiger partial charge in [-0.2, -0.15) is 0 Å². The summed E-state index contributed by atoms with van der Waals surface area (Å²) in [7, 11) is 0. The van der Waals surface area contributed by atoms with E-state index in [0.29, 0.717) is 23.6 Å². The number of benzene rings is 1. The first-order valence-electron chi connectivity index (χ1n) is 8.33. The number of rotatable bonds is 4. The quantitative estimate of drug-likeness (QED) is 0.910. The Bertz CT molecular complexity index is 683. The van der Waals surface area contributed by atoms with Crippen LogP contribution in [0.25, 0.3) is 0 Å². The molecule has 2 aliphatic rings. The third-order valence-electron chi connectivity index (χ3n) is 5.43. The molecule has 1 aromatic carbocycles. The number of primary amides is 1. The van der Waals surface area contributed by atoms with E-state index in [-0.39, 0.29) is 5.91 Å². The van der Waals surface area contributed by atoms with Crippen molar-refractivity contribution in [2.75, 3.05) is 0 Å². The fourth-order valence-corrected chi connectivity index (χ4v) is 4.32. The van der Waals surface area contributed by atoms with Crippen molar-refractivity contribution in [1.29, 1.82) is 0 Å². The van der Waals surface area contributed by atoms with Gasteiger partial charge in [0.05, 0.1) is 6.33 Å². The number of nitrogens with one attached hydrogen (secondary N) is 1. The van der Waals surface area contributed by atoms with Crippen LogP contribution in [0, 0.1) is 0 Å². The van der Waals surface area contributed by atoms with Gasteiger partial charge in [-0.15, -0.1) is 0 Å². The molecule has 1 amide bonds. The highest BCUT2D eigenvalue weighted by molar-refractivity contribution is 5.92. The highest BCUT2D eigenvalue weighted by Gasteiger charge is 2.41. The number of nitrogens with zero attached hydrogens (tertiary/aromatic N) is 2. The molecule has 0 unspecified atom stereocenters. The number of piperidine rings is 1. The average molecular weight is 310 g/mol. The molecule has 2 aliphatic heterocycles. The first-order chi connectivity index (χ1) is 11.2. The van der Waals surface area contributed by atoms with Crippen LogP contribution in [0.4, 0.5) is 0 Å². The number of hydrogen-bond donors (Lipinski definition) is 2. The van der Waals surface area contributed by atoms with E-state index in [9.17, 15) is 4.79 Å². The molecule has 23 heavy (non-hydrogen) atoms. The van der Waals surface area contributed by atoms with Gasteiger partial charge in [0.2, 0.25) is 5.91 Å². The van der Waals surface area contributed by atoms with Crippen LogP contribution in [0.3, 0.4) is 0 Å². The van der Waals surface area contributed by atoms with Gasteiger partial charge in [-0.1, -0.05) is 12.1 Å². The summed E-state index contributed by atoms with van der Waals surface area (Å²) in [5.74, 6) is 0.191. The van der Waals surface area contributed by atoms with Crippen LogP contribution in [-0.4, -0.2) is 32.9 Å². The van der Waals surface area contributed by atoms with Gasteiger partial charge in [-0.05, 0) is 49.3 Å². The highest BCUT2D eigenvalue weighted by atomic mass is 16.1. The van der Waals surface area contributed by atoms with Crippen LogP contribution >= 0.6 is 0 Å². The Balaban J connectivity index is 1.51. The zero-order chi connectivity index (χ0) is 15.8. The predicted molar refractivity (Wildman–Crippen MR) is 87.9 cm³/mol. The van der Waals surface area contributed by atoms with E-state index in [2.05, 4.69) is 20.9 Å². The number of fused-ring (bicyclic) bond motifs is 2. The molecule has 3 heterocycles. The van der Waals surface area contributed by atoms with Crippen molar-refractivity contribution in [3.05, 3.63) is 53.6 Å². The number of carbonyl (C=O) groups excluding carboxylic acids is 1. The number of aromatic amines is 1. The van der Waals surface area contributed by atoms with E-state index in [1.807, 2.05) is 18.3 Å². The average Bonchev–Trinajstić information content (AvgIpc) is 3.14. The van der Waals surface area contributed by atoms with Crippen LogP contribution in [0.5, 0.6) is 0 Å². The molecular formula is C18H22N4O. The fraction of sp³-hybridized carbons (Fsp3) is 0.444. The smallest absolute Gasteiger partial charge is 0.248 e. The first-order valence-corrected chi connectivity index (χ1v) is 8.33. The number of carbonyl (C=O) groups is 1. The van der Waals surface area contributed by atoms with Crippen LogP contribution < -0.4 is 5.73 Å². The Labute approximate surface area is 135 Å². The molecule has 5 nitrogen and oxygen atoms in total. The molecular weight excluding hydrogens is 288 g/mol. The van der Waals surface area contributed by atoms with E-state index >= 15 is 0 Å². The topological polar surface area (TPSA) is 75.0 Å². The van der Waals surface area contributed by atoms with Crippen molar-refractivity contribution >= 4 is 5.91 Å². The molecule has 3 atom stereocenters. The maximum absolute atomic E-state index is 11.4. The largest absolute Gasteiger partial charge is 0.366 e. The molecule has 2 bridgehead atoms. The van der Waals surface area contributed by atoms with Gasteiger partial charge in [0.1, 0.15) is 0 Å². The Hall–Kier alpha value is -2.14. The van der Waals surface area contributed by atoms with Crippen LogP contribution in [0.15, 0.2) is 36.8 Å². The van der Waals surface area contributed by atoms with Crippen molar-refractivity contribution < 1.29 is 4.79 Å². The molecule has 0 radical (unpaired) electrons. The Morgan fingerprint density at radius 3 is 2.74 bits per heavy atom. The van der Waals surface area contributed by atoms with Gasteiger partial charge in [-0.25, -0.2) is 4.98 Å². The summed E-state index contributed by atoms with van der Waals surface area (Å²) in [6, 6.07) is 9.12. The van der Waals surface area contributed by atoms with E-state index in [0.717, 1.165) is 19.4 Å². The van der Waals surface area contributed by atoms with Gasteiger partial charge in [-0.3, -0.25) is 9.69 Å². The summed E-state index contributed by atoms with van der Waals surface area (Å²) < 4.78 is 0. The maximum Gasteiger partial charge on any atom is 0.248 e. The monoisotopic (exact) mass is 310 g/mol. The van der Waals surface area contributed by atoms with Gasteiger partial charge in [0.25, 0.3) is 0 Å². The van der Waals surface area contributed by atoms with Crippen molar-refractivity contribution in [3.63, 3.8) is 0 Å². The van der Waals surface area contributed by atoms with Gasteiger partial charge < -0.3 is 10.7 Å². The summed E-state index contributed by atoms with van der Waals surface area (Å²) in [6.07, 6.45) is 8.52. The molecule has 5 heteroatoms. The molecule has 2 aromatic rings. The lowest BCUT2D eigenvalue weighted by molar-refractivity contribution is 0.0999. The van der Waals surface area contributed by atoms with Crippen molar-refractivity contribution in [2.45, 2.75) is 50.2 Å². The molecule has 0 spiro atoms. The van der Waals surface area contributed by atoms with Crippen molar-refractivity contribution in [3.8, 4) is 0 Å². The second-order valence-corrected chi connectivity index (χ2v) is 6.79. The molecule has 120 valence electrons. The second-order valence-electron chi connectivity index (χ2n) is 6.79. The van der Waals surface area contributed by atoms with Crippen molar-refractivity contribution in [2.24, 2.45) is 5.73 Å². The van der Waals surface area contributed by atoms with Gasteiger partial charge >= 0.3 is 0 Å². The normalized spacial score (nSPS) is 27.2. The lowest BCUT2D eigenvalue weighted by Crippen LogP contribution is -2.41. The summed E-state index contributed by atoms with van der Waals surface area (Å²) in [5, 5.41) is 0. The van der Waals surface area contributed by atoms with Gasteiger partial charge in [0.15, 0.2) is 0 Å². The minimum absolute atomic E-state index is 0.341. The highest BCUT2D eigenvalue weighted by Crippen LogP contribution is 2.43. The lowest BCUT2D eigenvalue weighted by Gasteiger charge is -2.39. The minimum Gasteiger partial charge on any atom is -0.366 e. The van der Waals surface area contributed by atoms with Crippen LogP contribution in [0.1, 0.15) is 53.2 Å². The fourth-order valence-electron chi connectivity index (χ4n) is 4.32. The number of aromatic nitrogens is 2. The Morgan fingerprint density at radius 1 is 1.30 bits per heavy atom. The zero-order valence-electron chi connectivity index (χ0n) is 13.1. The Kier molecular flexibility index (Phi) is 3.65. The van der Waals surface area contributed by atoms with Crippen LogP contribution in [0.2, 0.25) is 0 Å². The van der Waals surface area contributed by atoms with Gasteiger partial charge in [0, 0.05) is 36.1 Å². The summed E-state index contributed by atoms with van der Waals surface area (Å²) in [5.41, 5.74) is 8.49. The maximum atomic E-state index is 11.4. The lowest BCUT2D eigenvalue weighted by atomic mass is 9.84. The summed E-state index contributed by atoms with van der Waals surface area (Å²) in [4.78, 5) is 21.4. The molecule has 0 saturated carbocycles. The molecule has 4 rings (SSSR count). The van der Waals surface area contributed by atoms with Crippen molar-refractivity contribution in [1.82, 2.24) is 14.9 Å². The first kappa shape index (κ1) is 14.5. The van der Waals surface area contributed by atoms with E-state index in [1.54, 1.807) is 12.4 Å². The number of hydrogen-bond acceptors (Lipinski definition) is 3. The zero-order valence-corrected chi connectivity index (χ0v) is 13.1. The Morgan fingerprint density at radius 2 is 2.09 bits per heavy atom. The van der Waals surface area contributed by atoms with E-state index < -0.39 is 0 Å². The third kappa shape index (κ3) is 2.77. The molecule has 3 N–H and O–H groups in total.